The number of carbonyl (C=O) groups is 2. The fourth-order valence-corrected chi connectivity index (χ4v) is 2.61. The molecular formula is C20H18F2N4O2. The number of imidazole rings is 1. The van der Waals surface area contributed by atoms with Gasteiger partial charge in [0, 0.05) is 18.9 Å². The summed E-state index contributed by atoms with van der Waals surface area (Å²) in [5.74, 6) is -1.66. The second-order valence-corrected chi connectivity index (χ2v) is 6.12. The van der Waals surface area contributed by atoms with Gasteiger partial charge in [-0.1, -0.05) is 18.2 Å². The third-order valence-corrected chi connectivity index (χ3v) is 3.98. The monoisotopic (exact) mass is 384 g/mol. The lowest BCUT2D eigenvalue weighted by atomic mass is 10.1. The number of hydrogen-bond acceptors (Lipinski definition) is 3. The van der Waals surface area contributed by atoms with Crippen LogP contribution in [0.25, 0.3) is 5.69 Å². The summed E-state index contributed by atoms with van der Waals surface area (Å²) < 4.78 is 28.8. The van der Waals surface area contributed by atoms with Crippen LogP contribution in [0.2, 0.25) is 0 Å². The highest BCUT2D eigenvalue weighted by Gasteiger charge is 2.09. The Morgan fingerprint density at radius 1 is 1.00 bits per heavy atom. The van der Waals surface area contributed by atoms with Gasteiger partial charge in [0.15, 0.2) is 0 Å². The summed E-state index contributed by atoms with van der Waals surface area (Å²) in [6.07, 6.45) is 4.65. The Kier molecular flexibility index (Phi) is 6.11. The van der Waals surface area contributed by atoms with E-state index in [4.69, 9.17) is 0 Å². The molecule has 2 amide bonds. The van der Waals surface area contributed by atoms with Crippen LogP contribution in [-0.2, 0) is 22.6 Å². The van der Waals surface area contributed by atoms with Crippen LogP contribution in [0.15, 0.2) is 61.2 Å². The lowest BCUT2D eigenvalue weighted by Crippen LogP contribution is -2.37. The van der Waals surface area contributed by atoms with Crippen LogP contribution >= 0.6 is 0 Å². The van der Waals surface area contributed by atoms with Gasteiger partial charge < -0.3 is 15.2 Å². The first-order valence-electron chi connectivity index (χ1n) is 8.56. The number of nitrogens with zero attached hydrogens (tertiary/aromatic N) is 2. The molecule has 0 bridgehead atoms. The Morgan fingerprint density at radius 2 is 1.86 bits per heavy atom. The number of hydrogen-bond donors (Lipinski definition) is 2. The third-order valence-electron chi connectivity index (χ3n) is 3.98. The highest BCUT2D eigenvalue weighted by Crippen LogP contribution is 2.14. The summed E-state index contributed by atoms with van der Waals surface area (Å²) in [7, 11) is 0. The minimum absolute atomic E-state index is 0.0219. The predicted octanol–water partition coefficient (Wildman–Crippen LogP) is 2.13. The molecule has 0 fully saturated rings. The van der Waals surface area contributed by atoms with Crippen LogP contribution in [0.3, 0.4) is 0 Å². The number of aromatic nitrogens is 2. The van der Waals surface area contributed by atoms with E-state index in [1.54, 1.807) is 35.2 Å². The molecule has 0 spiro atoms. The van der Waals surface area contributed by atoms with Crippen molar-refractivity contribution in [2.45, 2.75) is 13.0 Å². The van der Waals surface area contributed by atoms with E-state index in [-0.39, 0.29) is 19.5 Å². The zero-order valence-corrected chi connectivity index (χ0v) is 14.9. The molecule has 0 saturated carbocycles. The second kappa shape index (κ2) is 8.90. The maximum absolute atomic E-state index is 14.2. The van der Waals surface area contributed by atoms with Gasteiger partial charge in [0.25, 0.3) is 0 Å². The molecule has 3 aromatic rings. The van der Waals surface area contributed by atoms with E-state index in [0.29, 0.717) is 16.8 Å². The molecule has 3 rings (SSSR count). The highest BCUT2D eigenvalue weighted by molar-refractivity contribution is 5.85. The van der Waals surface area contributed by atoms with E-state index in [1.165, 1.54) is 30.6 Å². The topological polar surface area (TPSA) is 76.0 Å². The molecule has 1 aromatic heterocycles. The summed E-state index contributed by atoms with van der Waals surface area (Å²) in [6, 6.07) is 10.3. The summed E-state index contributed by atoms with van der Waals surface area (Å²) in [6.45, 7) is -0.0938. The molecule has 0 aliphatic carbocycles. The fraction of sp³-hybridized carbons (Fsp3) is 0.150. The first-order valence-corrected chi connectivity index (χ1v) is 8.56. The van der Waals surface area contributed by atoms with Crippen LogP contribution in [-0.4, -0.2) is 27.9 Å². The van der Waals surface area contributed by atoms with Crippen molar-refractivity contribution in [1.82, 2.24) is 20.2 Å². The molecule has 144 valence electrons. The summed E-state index contributed by atoms with van der Waals surface area (Å²) in [5.41, 5.74) is 1.46. The third kappa shape index (κ3) is 5.23. The van der Waals surface area contributed by atoms with E-state index < -0.39 is 23.4 Å². The van der Waals surface area contributed by atoms with Crippen molar-refractivity contribution < 1.29 is 18.4 Å². The van der Waals surface area contributed by atoms with Crippen molar-refractivity contribution >= 4 is 11.8 Å². The maximum atomic E-state index is 14.2. The molecule has 1 heterocycles. The van der Waals surface area contributed by atoms with Crippen LogP contribution in [0, 0.1) is 11.6 Å². The van der Waals surface area contributed by atoms with Crippen molar-refractivity contribution in [1.29, 1.82) is 0 Å². The van der Waals surface area contributed by atoms with Gasteiger partial charge in [-0.15, -0.1) is 0 Å². The van der Waals surface area contributed by atoms with Gasteiger partial charge in [-0.05, 0) is 35.4 Å². The molecule has 8 heteroatoms. The van der Waals surface area contributed by atoms with Gasteiger partial charge in [0.05, 0.1) is 25.0 Å². The largest absolute Gasteiger partial charge is 0.350 e. The van der Waals surface area contributed by atoms with Gasteiger partial charge in [-0.2, -0.15) is 0 Å². The number of amides is 2. The normalized spacial score (nSPS) is 10.5. The van der Waals surface area contributed by atoms with E-state index in [0.717, 1.165) is 0 Å². The standard InChI is InChI=1S/C20H18F2N4O2/c21-16-3-1-2-14(8-16)10-19(27)25-12-20(28)24-11-15-4-5-18(17(22)9-15)26-7-6-23-13-26/h1-9,13H,10-12H2,(H,24,28)(H,25,27). The Balaban J connectivity index is 1.45. The van der Waals surface area contributed by atoms with Gasteiger partial charge in [0.2, 0.25) is 11.8 Å². The van der Waals surface area contributed by atoms with Gasteiger partial charge in [0.1, 0.15) is 11.6 Å². The fourth-order valence-electron chi connectivity index (χ4n) is 2.61. The van der Waals surface area contributed by atoms with Gasteiger partial charge >= 0.3 is 0 Å². The van der Waals surface area contributed by atoms with Crippen LogP contribution in [0.5, 0.6) is 0 Å². The van der Waals surface area contributed by atoms with Gasteiger partial charge in [-0.25, -0.2) is 13.8 Å². The van der Waals surface area contributed by atoms with Crippen molar-refractivity contribution in [3.8, 4) is 5.69 Å². The number of rotatable bonds is 7. The highest BCUT2D eigenvalue weighted by atomic mass is 19.1. The first-order chi connectivity index (χ1) is 13.5. The van der Waals surface area contributed by atoms with Crippen molar-refractivity contribution in [2.75, 3.05) is 6.54 Å². The molecule has 6 nitrogen and oxygen atoms in total. The SMILES string of the molecule is O=C(CNC(=O)Cc1cccc(F)c1)NCc1ccc(-n2ccnc2)c(F)c1. The zero-order valence-electron chi connectivity index (χ0n) is 14.9. The molecular weight excluding hydrogens is 366 g/mol. The second-order valence-electron chi connectivity index (χ2n) is 6.12. The molecule has 28 heavy (non-hydrogen) atoms. The molecule has 2 aromatic carbocycles. The molecule has 2 N–H and O–H groups in total. The quantitative estimate of drug-likeness (QED) is 0.655. The predicted molar refractivity (Wildman–Crippen MR) is 98.5 cm³/mol. The first kappa shape index (κ1) is 19.2. The number of carbonyl (C=O) groups excluding carboxylic acids is 2. The lowest BCUT2D eigenvalue weighted by Gasteiger charge is -2.09. The lowest BCUT2D eigenvalue weighted by molar-refractivity contribution is -0.125. The number of halogens is 2. The smallest absolute Gasteiger partial charge is 0.239 e. The Labute approximate surface area is 160 Å². The number of nitrogens with one attached hydrogen (secondary N) is 2. The zero-order chi connectivity index (χ0) is 19.9. The van der Waals surface area contributed by atoms with Gasteiger partial charge in [-0.3, -0.25) is 9.59 Å². The minimum atomic E-state index is -0.437. The van der Waals surface area contributed by atoms with Crippen LogP contribution in [0.4, 0.5) is 8.78 Å². The molecule has 0 unspecified atom stereocenters. The van der Waals surface area contributed by atoms with E-state index >= 15 is 0 Å². The van der Waals surface area contributed by atoms with Crippen molar-refractivity contribution in [3.63, 3.8) is 0 Å². The Hall–Kier alpha value is -3.55. The summed E-state index contributed by atoms with van der Waals surface area (Å²) in [5, 5.41) is 5.08. The van der Waals surface area contributed by atoms with E-state index in [2.05, 4.69) is 15.6 Å². The Bertz CT molecular complexity index is 974. The molecule has 0 saturated heterocycles. The molecule has 0 aliphatic rings. The maximum Gasteiger partial charge on any atom is 0.239 e. The summed E-state index contributed by atoms with van der Waals surface area (Å²) >= 11 is 0. The molecule has 0 aliphatic heterocycles. The van der Waals surface area contributed by atoms with E-state index in [9.17, 15) is 18.4 Å². The van der Waals surface area contributed by atoms with Crippen LogP contribution < -0.4 is 10.6 Å². The Morgan fingerprint density at radius 3 is 2.57 bits per heavy atom. The molecule has 0 radical (unpaired) electrons. The van der Waals surface area contributed by atoms with E-state index in [1.807, 2.05) is 0 Å². The van der Waals surface area contributed by atoms with Crippen LogP contribution in [0.1, 0.15) is 11.1 Å². The average Bonchev–Trinajstić information content (AvgIpc) is 3.19. The minimum Gasteiger partial charge on any atom is -0.350 e. The van der Waals surface area contributed by atoms with Crippen molar-refractivity contribution in [2.24, 2.45) is 0 Å². The molecule has 0 atom stereocenters. The average molecular weight is 384 g/mol. The number of benzene rings is 2. The van der Waals surface area contributed by atoms with Crippen molar-refractivity contribution in [3.05, 3.63) is 83.9 Å². The summed E-state index contributed by atoms with van der Waals surface area (Å²) in [4.78, 5) is 27.6.